The number of nitrogens with zero attached hydrogens (tertiary/aromatic N) is 1. The molecule has 0 bridgehead atoms. The van der Waals surface area contributed by atoms with E-state index in [2.05, 4.69) is 22.4 Å². The first-order chi connectivity index (χ1) is 11.6. The number of carbonyl (C=O) groups excluding carboxylic acids is 1. The van der Waals surface area contributed by atoms with Crippen LogP contribution in [0.4, 0.5) is 0 Å². The third kappa shape index (κ3) is 5.65. The van der Waals surface area contributed by atoms with Crippen molar-refractivity contribution in [1.82, 2.24) is 10.3 Å². The van der Waals surface area contributed by atoms with Crippen LogP contribution in [0.3, 0.4) is 0 Å². The quantitative estimate of drug-likeness (QED) is 0.772. The molecule has 0 fully saturated rings. The maximum absolute atomic E-state index is 12.5. The number of amides is 1. The van der Waals surface area contributed by atoms with Gasteiger partial charge in [-0.25, -0.2) is 0 Å². The van der Waals surface area contributed by atoms with E-state index in [4.69, 9.17) is 0 Å². The summed E-state index contributed by atoms with van der Waals surface area (Å²) in [5.74, 6) is 0.986. The minimum absolute atomic E-state index is 0.0287. The van der Waals surface area contributed by atoms with Crippen molar-refractivity contribution >= 4 is 17.7 Å². The van der Waals surface area contributed by atoms with Crippen molar-refractivity contribution in [2.24, 2.45) is 5.92 Å². The molecule has 0 saturated heterocycles. The van der Waals surface area contributed by atoms with Crippen LogP contribution in [0.25, 0.3) is 0 Å². The topological polar surface area (TPSA) is 62.2 Å². The number of pyridine rings is 1. The number of aromatic nitrogens is 1. The standard InChI is InChI=1S/C19H24N2O2S/c1-14(2)18(24-13-15-6-4-3-5-7-15)19(23)21-12-17(22)16-8-10-20-11-9-16/h3-11,14,17-18,22H,12-13H2,1-2H3,(H,21,23). The molecule has 1 amide bonds. The van der Waals surface area contributed by atoms with Crippen molar-refractivity contribution in [2.45, 2.75) is 31.0 Å². The Morgan fingerprint density at radius 1 is 1.17 bits per heavy atom. The second-order valence-electron chi connectivity index (χ2n) is 6.00. The molecule has 4 nitrogen and oxygen atoms in total. The summed E-state index contributed by atoms with van der Waals surface area (Å²) in [7, 11) is 0. The van der Waals surface area contributed by atoms with Crippen LogP contribution in [0.2, 0.25) is 0 Å². The normalized spacial score (nSPS) is 13.5. The van der Waals surface area contributed by atoms with Crippen LogP contribution < -0.4 is 5.32 Å². The highest BCUT2D eigenvalue weighted by Gasteiger charge is 2.23. The molecule has 2 unspecified atom stereocenters. The summed E-state index contributed by atoms with van der Waals surface area (Å²) in [6, 6.07) is 13.6. The van der Waals surface area contributed by atoms with E-state index in [1.807, 2.05) is 32.0 Å². The van der Waals surface area contributed by atoms with Crippen LogP contribution in [0, 0.1) is 5.92 Å². The molecule has 0 radical (unpaired) electrons. The molecule has 0 spiro atoms. The zero-order chi connectivity index (χ0) is 17.4. The van der Waals surface area contributed by atoms with Gasteiger partial charge in [0.1, 0.15) is 0 Å². The number of nitrogens with one attached hydrogen (secondary N) is 1. The van der Waals surface area contributed by atoms with Gasteiger partial charge >= 0.3 is 0 Å². The lowest BCUT2D eigenvalue weighted by molar-refractivity contribution is -0.121. The lowest BCUT2D eigenvalue weighted by Gasteiger charge is -2.21. The summed E-state index contributed by atoms with van der Waals surface area (Å²) in [5.41, 5.74) is 1.96. The second-order valence-corrected chi connectivity index (χ2v) is 7.13. The lowest BCUT2D eigenvalue weighted by Crippen LogP contribution is -2.38. The summed E-state index contributed by atoms with van der Waals surface area (Å²) in [5, 5.41) is 12.9. The molecule has 2 atom stereocenters. The van der Waals surface area contributed by atoms with Crippen molar-refractivity contribution in [2.75, 3.05) is 6.54 Å². The summed E-state index contributed by atoms with van der Waals surface area (Å²) in [6.45, 7) is 4.29. The Kier molecular flexibility index (Phi) is 7.28. The lowest BCUT2D eigenvalue weighted by atomic mass is 10.1. The zero-order valence-electron chi connectivity index (χ0n) is 14.1. The largest absolute Gasteiger partial charge is 0.387 e. The number of hydrogen-bond donors (Lipinski definition) is 2. The number of hydrogen-bond acceptors (Lipinski definition) is 4. The van der Waals surface area contributed by atoms with Crippen molar-refractivity contribution in [3.63, 3.8) is 0 Å². The second kappa shape index (κ2) is 9.45. The number of aliphatic hydroxyl groups is 1. The summed E-state index contributed by atoms with van der Waals surface area (Å²) < 4.78 is 0. The van der Waals surface area contributed by atoms with E-state index in [1.54, 1.807) is 36.3 Å². The molecule has 1 aromatic carbocycles. The first-order valence-corrected chi connectivity index (χ1v) is 9.14. The van der Waals surface area contributed by atoms with E-state index in [0.717, 1.165) is 11.3 Å². The first kappa shape index (κ1) is 18.5. The van der Waals surface area contributed by atoms with Crippen molar-refractivity contribution in [1.29, 1.82) is 0 Å². The van der Waals surface area contributed by atoms with E-state index >= 15 is 0 Å². The van der Waals surface area contributed by atoms with Gasteiger partial charge in [0, 0.05) is 24.7 Å². The molecule has 0 aliphatic rings. The molecule has 2 N–H and O–H groups in total. The molecular formula is C19H24N2O2S. The summed E-state index contributed by atoms with van der Waals surface area (Å²) in [4.78, 5) is 16.4. The van der Waals surface area contributed by atoms with E-state index in [9.17, 15) is 9.90 Å². The third-order valence-corrected chi connectivity index (χ3v) is 5.31. The van der Waals surface area contributed by atoms with E-state index < -0.39 is 6.10 Å². The van der Waals surface area contributed by atoms with Gasteiger partial charge in [-0.05, 0) is 29.2 Å². The molecule has 24 heavy (non-hydrogen) atoms. The molecule has 0 aliphatic heterocycles. The fraction of sp³-hybridized carbons (Fsp3) is 0.368. The average molecular weight is 344 g/mol. The minimum atomic E-state index is -0.719. The SMILES string of the molecule is CC(C)C(SCc1ccccc1)C(=O)NCC(O)c1ccncc1. The van der Waals surface area contributed by atoms with Crippen molar-refractivity contribution in [3.8, 4) is 0 Å². The highest BCUT2D eigenvalue weighted by Crippen LogP contribution is 2.24. The minimum Gasteiger partial charge on any atom is -0.387 e. The Morgan fingerprint density at radius 2 is 1.83 bits per heavy atom. The number of thioether (sulfide) groups is 1. The smallest absolute Gasteiger partial charge is 0.233 e. The fourth-order valence-corrected chi connectivity index (χ4v) is 3.52. The van der Waals surface area contributed by atoms with Crippen LogP contribution in [-0.2, 0) is 10.5 Å². The van der Waals surface area contributed by atoms with Gasteiger partial charge in [0.15, 0.2) is 0 Å². The maximum Gasteiger partial charge on any atom is 0.233 e. The van der Waals surface area contributed by atoms with E-state index in [1.165, 1.54) is 5.56 Å². The number of carbonyl (C=O) groups is 1. The Labute approximate surface area is 147 Å². The summed E-state index contributed by atoms with van der Waals surface area (Å²) >= 11 is 1.63. The molecule has 5 heteroatoms. The zero-order valence-corrected chi connectivity index (χ0v) is 14.9. The first-order valence-electron chi connectivity index (χ1n) is 8.09. The number of benzene rings is 1. The Morgan fingerprint density at radius 3 is 2.46 bits per heavy atom. The van der Waals surface area contributed by atoms with Gasteiger partial charge in [0.05, 0.1) is 11.4 Å². The predicted molar refractivity (Wildman–Crippen MR) is 98.6 cm³/mol. The van der Waals surface area contributed by atoms with Gasteiger partial charge in [-0.3, -0.25) is 9.78 Å². The third-order valence-electron chi connectivity index (χ3n) is 3.70. The van der Waals surface area contributed by atoms with Crippen molar-refractivity contribution < 1.29 is 9.90 Å². The van der Waals surface area contributed by atoms with Crippen LogP contribution in [0.1, 0.15) is 31.1 Å². The number of aliphatic hydroxyl groups excluding tert-OH is 1. The Bertz CT molecular complexity index is 620. The Hall–Kier alpha value is -1.85. The van der Waals surface area contributed by atoms with Gasteiger partial charge in [-0.2, -0.15) is 0 Å². The monoisotopic (exact) mass is 344 g/mol. The molecule has 128 valence electrons. The number of rotatable bonds is 8. The average Bonchev–Trinajstić information content (AvgIpc) is 2.61. The van der Waals surface area contributed by atoms with Crippen LogP contribution in [0.5, 0.6) is 0 Å². The highest BCUT2D eigenvalue weighted by atomic mass is 32.2. The molecular weight excluding hydrogens is 320 g/mol. The molecule has 1 heterocycles. The van der Waals surface area contributed by atoms with Gasteiger partial charge in [0.25, 0.3) is 0 Å². The van der Waals surface area contributed by atoms with Crippen LogP contribution in [-0.4, -0.2) is 27.8 Å². The Balaban J connectivity index is 1.87. The summed E-state index contributed by atoms with van der Waals surface area (Å²) in [6.07, 6.45) is 2.55. The van der Waals surface area contributed by atoms with Gasteiger partial charge in [-0.1, -0.05) is 44.2 Å². The fourth-order valence-electron chi connectivity index (χ4n) is 2.33. The molecule has 0 aliphatic carbocycles. The van der Waals surface area contributed by atoms with E-state index in [-0.39, 0.29) is 23.6 Å². The molecule has 0 saturated carbocycles. The molecule has 2 aromatic rings. The van der Waals surface area contributed by atoms with Gasteiger partial charge in [0.2, 0.25) is 5.91 Å². The van der Waals surface area contributed by atoms with Gasteiger partial charge in [-0.15, -0.1) is 11.8 Å². The van der Waals surface area contributed by atoms with E-state index in [0.29, 0.717) is 0 Å². The highest BCUT2D eigenvalue weighted by molar-refractivity contribution is 7.99. The van der Waals surface area contributed by atoms with Crippen LogP contribution in [0.15, 0.2) is 54.9 Å². The maximum atomic E-state index is 12.5. The van der Waals surface area contributed by atoms with Crippen molar-refractivity contribution in [3.05, 3.63) is 66.0 Å². The van der Waals surface area contributed by atoms with Gasteiger partial charge < -0.3 is 10.4 Å². The van der Waals surface area contributed by atoms with Crippen LogP contribution >= 0.6 is 11.8 Å². The predicted octanol–water partition coefficient (Wildman–Crippen LogP) is 3.19. The molecule has 1 aromatic heterocycles. The molecule has 2 rings (SSSR count).